The van der Waals surface area contributed by atoms with Gasteiger partial charge in [0.1, 0.15) is 17.1 Å². The zero-order valence-corrected chi connectivity index (χ0v) is 13.9. The summed E-state index contributed by atoms with van der Waals surface area (Å²) in [6.45, 7) is 9.91. The Kier molecular flexibility index (Phi) is 3.93. The maximum atomic E-state index is 12.2. The van der Waals surface area contributed by atoms with E-state index in [0.29, 0.717) is 19.0 Å². The molecule has 1 aromatic heterocycles. The summed E-state index contributed by atoms with van der Waals surface area (Å²) in [5, 5.41) is 3.42. The van der Waals surface area contributed by atoms with Gasteiger partial charge < -0.3 is 19.4 Å². The minimum absolute atomic E-state index is 0.0454. The molecule has 1 amide bonds. The molecular weight excluding hydrogens is 280 g/mol. The molecule has 1 saturated heterocycles. The van der Waals surface area contributed by atoms with Gasteiger partial charge >= 0.3 is 6.09 Å². The molecule has 2 heterocycles. The second kappa shape index (κ2) is 5.61. The summed E-state index contributed by atoms with van der Waals surface area (Å²) in [5.41, 5.74) is -0.461. The highest BCUT2D eigenvalue weighted by Crippen LogP contribution is 2.47. The van der Waals surface area contributed by atoms with Crippen LogP contribution in [0.25, 0.3) is 0 Å². The first-order valence-corrected chi connectivity index (χ1v) is 8.14. The highest BCUT2D eigenvalue weighted by molar-refractivity contribution is 5.68. The zero-order valence-electron chi connectivity index (χ0n) is 13.9. The first kappa shape index (κ1) is 15.4. The van der Waals surface area contributed by atoms with Crippen molar-refractivity contribution >= 4 is 6.09 Å². The van der Waals surface area contributed by atoms with Gasteiger partial charge in [-0.15, -0.1) is 0 Å². The second-order valence-electron chi connectivity index (χ2n) is 7.49. The molecule has 22 heavy (non-hydrogen) atoms. The molecular formula is C17H26N2O3. The van der Waals surface area contributed by atoms with Crippen LogP contribution in [-0.2, 0) is 4.74 Å². The van der Waals surface area contributed by atoms with Crippen molar-refractivity contribution in [3.05, 3.63) is 23.7 Å². The normalized spacial score (nSPS) is 28.5. The molecule has 2 fully saturated rings. The van der Waals surface area contributed by atoms with Crippen molar-refractivity contribution < 1.29 is 13.9 Å². The fourth-order valence-corrected chi connectivity index (χ4v) is 2.91. The van der Waals surface area contributed by atoms with E-state index < -0.39 is 5.60 Å². The number of nitrogens with one attached hydrogen (secondary N) is 1. The average Bonchev–Trinajstić information content (AvgIpc) is 2.99. The molecule has 0 aromatic carbocycles. The van der Waals surface area contributed by atoms with Crippen LogP contribution < -0.4 is 5.32 Å². The lowest BCUT2D eigenvalue weighted by atomic mass is 10.1. The lowest BCUT2D eigenvalue weighted by Crippen LogP contribution is -2.49. The molecule has 1 saturated carbocycles. The molecule has 1 aliphatic heterocycles. The zero-order chi connectivity index (χ0) is 15.9. The molecule has 3 rings (SSSR count). The molecule has 2 aliphatic rings. The number of amides is 1. The number of rotatable bonds is 2. The number of carbonyl (C=O) groups excluding carboxylic acids is 1. The van der Waals surface area contributed by atoms with Crippen LogP contribution in [0, 0.1) is 5.92 Å². The van der Waals surface area contributed by atoms with Gasteiger partial charge in [-0.05, 0) is 45.2 Å². The third-order valence-electron chi connectivity index (χ3n) is 4.29. The Balaban J connectivity index is 1.63. The van der Waals surface area contributed by atoms with Crippen molar-refractivity contribution in [3.63, 3.8) is 0 Å². The molecule has 0 bridgehead atoms. The largest absolute Gasteiger partial charge is 0.464 e. The number of ether oxygens (including phenoxy) is 1. The van der Waals surface area contributed by atoms with Gasteiger partial charge in [-0.25, -0.2) is 4.79 Å². The van der Waals surface area contributed by atoms with Crippen LogP contribution in [0.4, 0.5) is 4.79 Å². The third-order valence-corrected chi connectivity index (χ3v) is 4.29. The maximum absolute atomic E-state index is 12.2. The van der Waals surface area contributed by atoms with Crippen molar-refractivity contribution in [1.82, 2.24) is 10.2 Å². The number of nitrogens with zero attached hydrogens (tertiary/aromatic N) is 1. The van der Waals surface area contributed by atoms with E-state index >= 15 is 0 Å². The molecule has 5 nitrogen and oxygen atoms in total. The second-order valence-corrected chi connectivity index (χ2v) is 7.49. The minimum atomic E-state index is -0.461. The van der Waals surface area contributed by atoms with Crippen LogP contribution in [0.1, 0.15) is 57.6 Å². The Morgan fingerprint density at radius 2 is 2.05 bits per heavy atom. The molecule has 0 radical (unpaired) electrons. The van der Waals surface area contributed by atoms with Crippen LogP contribution in [0.3, 0.4) is 0 Å². The summed E-state index contributed by atoms with van der Waals surface area (Å²) >= 11 is 0. The van der Waals surface area contributed by atoms with E-state index in [4.69, 9.17) is 9.15 Å². The smallest absolute Gasteiger partial charge is 0.410 e. The van der Waals surface area contributed by atoms with Crippen molar-refractivity contribution in [2.75, 3.05) is 19.6 Å². The van der Waals surface area contributed by atoms with Gasteiger partial charge in [-0.1, -0.05) is 6.92 Å². The van der Waals surface area contributed by atoms with E-state index in [-0.39, 0.29) is 12.1 Å². The number of hydrogen-bond donors (Lipinski definition) is 1. The van der Waals surface area contributed by atoms with Crippen LogP contribution in [0.15, 0.2) is 16.5 Å². The molecule has 0 spiro atoms. The Hall–Kier alpha value is -1.49. The van der Waals surface area contributed by atoms with E-state index in [1.165, 1.54) is 6.42 Å². The third kappa shape index (κ3) is 3.46. The standard InChI is InChI=1S/C17H26N2O3/c1-11-9-12(11)14-5-6-15(21-14)13-10-19(8-7-18-13)16(20)22-17(2,3)4/h5-6,11-13,18H,7-10H2,1-4H3. The van der Waals surface area contributed by atoms with Gasteiger partial charge in [0.15, 0.2) is 0 Å². The molecule has 1 aliphatic carbocycles. The van der Waals surface area contributed by atoms with Crippen LogP contribution in [-0.4, -0.2) is 36.2 Å². The Morgan fingerprint density at radius 3 is 2.68 bits per heavy atom. The predicted molar refractivity (Wildman–Crippen MR) is 83.8 cm³/mol. The predicted octanol–water partition coefficient (Wildman–Crippen LogP) is 3.28. The fraction of sp³-hybridized carbons (Fsp3) is 0.706. The Bertz CT molecular complexity index is 546. The van der Waals surface area contributed by atoms with Gasteiger partial charge in [-0.3, -0.25) is 0 Å². The lowest BCUT2D eigenvalue weighted by molar-refractivity contribution is 0.0188. The molecule has 5 heteroatoms. The summed E-state index contributed by atoms with van der Waals surface area (Å²) in [6.07, 6.45) is 0.969. The SMILES string of the molecule is CC1CC1c1ccc(C2CN(C(=O)OC(C)(C)C)CCN2)o1. The maximum Gasteiger partial charge on any atom is 0.410 e. The van der Waals surface area contributed by atoms with Gasteiger partial charge in [-0.2, -0.15) is 0 Å². The van der Waals surface area contributed by atoms with Gasteiger partial charge in [0, 0.05) is 25.6 Å². The van der Waals surface area contributed by atoms with E-state index in [0.717, 1.165) is 24.0 Å². The average molecular weight is 306 g/mol. The topological polar surface area (TPSA) is 54.7 Å². The van der Waals surface area contributed by atoms with Crippen molar-refractivity contribution in [2.45, 2.75) is 51.7 Å². The summed E-state index contributed by atoms with van der Waals surface area (Å²) < 4.78 is 11.5. The highest BCUT2D eigenvalue weighted by Gasteiger charge is 2.37. The first-order valence-electron chi connectivity index (χ1n) is 8.14. The van der Waals surface area contributed by atoms with Crippen molar-refractivity contribution in [1.29, 1.82) is 0 Å². The van der Waals surface area contributed by atoms with E-state index in [1.807, 2.05) is 26.8 Å². The van der Waals surface area contributed by atoms with Crippen LogP contribution in [0.5, 0.6) is 0 Å². The summed E-state index contributed by atoms with van der Waals surface area (Å²) in [6, 6.07) is 4.16. The molecule has 122 valence electrons. The number of hydrogen-bond acceptors (Lipinski definition) is 4. The molecule has 1 N–H and O–H groups in total. The number of piperazine rings is 1. The highest BCUT2D eigenvalue weighted by atomic mass is 16.6. The Morgan fingerprint density at radius 1 is 1.36 bits per heavy atom. The van der Waals surface area contributed by atoms with Gasteiger partial charge in [0.2, 0.25) is 0 Å². The molecule has 3 unspecified atom stereocenters. The minimum Gasteiger partial charge on any atom is -0.464 e. The fourth-order valence-electron chi connectivity index (χ4n) is 2.91. The van der Waals surface area contributed by atoms with Crippen LogP contribution in [0.2, 0.25) is 0 Å². The summed E-state index contributed by atoms with van der Waals surface area (Å²) in [7, 11) is 0. The van der Waals surface area contributed by atoms with E-state index in [9.17, 15) is 4.79 Å². The van der Waals surface area contributed by atoms with E-state index in [2.05, 4.69) is 18.3 Å². The lowest BCUT2D eigenvalue weighted by Gasteiger charge is -2.34. The monoisotopic (exact) mass is 306 g/mol. The molecule has 1 aromatic rings. The Labute approximate surface area is 132 Å². The summed E-state index contributed by atoms with van der Waals surface area (Å²) in [4.78, 5) is 14.0. The number of furan rings is 1. The van der Waals surface area contributed by atoms with Gasteiger partial charge in [0.25, 0.3) is 0 Å². The quantitative estimate of drug-likeness (QED) is 0.911. The summed E-state index contributed by atoms with van der Waals surface area (Å²) in [5.74, 6) is 3.32. The van der Waals surface area contributed by atoms with Crippen molar-refractivity contribution in [3.8, 4) is 0 Å². The molecule has 3 atom stereocenters. The van der Waals surface area contributed by atoms with Crippen molar-refractivity contribution in [2.24, 2.45) is 5.92 Å². The number of carbonyl (C=O) groups is 1. The van der Waals surface area contributed by atoms with E-state index in [1.54, 1.807) is 4.90 Å². The van der Waals surface area contributed by atoms with Crippen LogP contribution >= 0.6 is 0 Å². The van der Waals surface area contributed by atoms with Gasteiger partial charge in [0.05, 0.1) is 6.04 Å². The first-order chi connectivity index (χ1) is 10.3.